The van der Waals surface area contributed by atoms with Crippen LogP contribution in [-0.4, -0.2) is 79.5 Å². The summed E-state index contributed by atoms with van der Waals surface area (Å²) in [5, 5.41) is 3.40. The van der Waals surface area contributed by atoms with Crippen molar-refractivity contribution >= 4 is 5.91 Å². The van der Waals surface area contributed by atoms with Gasteiger partial charge in [0.25, 0.3) is 0 Å². The summed E-state index contributed by atoms with van der Waals surface area (Å²) in [6.07, 6.45) is 1.03. The molecule has 1 unspecified atom stereocenters. The minimum absolute atomic E-state index is 0.138. The molecule has 25 heavy (non-hydrogen) atoms. The topological polar surface area (TPSA) is 38.8 Å². The second kappa shape index (κ2) is 8.79. The summed E-state index contributed by atoms with van der Waals surface area (Å²) in [6, 6.07) is 8.53. The molecule has 138 valence electrons. The molecule has 0 aliphatic carbocycles. The zero-order valence-corrected chi connectivity index (χ0v) is 15.7. The number of piperazine rings is 2. The van der Waals surface area contributed by atoms with E-state index >= 15 is 0 Å². The molecule has 1 aromatic rings. The number of rotatable bonds is 5. The number of likely N-dealkylation sites (N-methyl/N-ethyl adjacent to an activating group) is 1. The monoisotopic (exact) mass is 344 g/mol. The molecule has 2 aliphatic heterocycles. The van der Waals surface area contributed by atoms with Gasteiger partial charge in [-0.1, -0.05) is 38.1 Å². The highest BCUT2D eigenvalue weighted by atomic mass is 16.2. The number of aryl methyl sites for hydroxylation is 1. The fraction of sp³-hybridized carbons (Fsp3) is 0.650. The number of carbonyl (C=O) groups excluding carboxylic acids is 1. The van der Waals surface area contributed by atoms with Crippen LogP contribution in [0.1, 0.15) is 31.0 Å². The van der Waals surface area contributed by atoms with Crippen LogP contribution >= 0.6 is 0 Å². The Morgan fingerprint density at radius 3 is 2.20 bits per heavy atom. The molecule has 0 bridgehead atoms. The van der Waals surface area contributed by atoms with Crippen LogP contribution in [0.25, 0.3) is 0 Å². The minimum Gasteiger partial charge on any atom is -0.338 e. The van der Waals surface area contributed by atoms with Gasteiger partial charge in [-0.2, -0.15) is 0 Å². The van der Waals surface area contributed by atoms with Gasteiger partial charge >= 0.3 is 0 Å². The highest BCUT2D eigenvalue weighted by molar-refractivity contribution is 5.83. The summed E-state index contributed by atoms with van der Waals surface area (Å²) in [5.41, 5.74) is 2.47. The van der Waals surface area contributed by atoms with E-state index < -0.39 is 0 Å². The number of hydrogen-bond acceptors (Lipinski definition) is 4. The second-order valence-electron chi connectivity index (χ2n) is 7.04. The van der Waals surface area contributed by atoms with Crippen LogP contribution in [0.15, 0.2) is 24.3 Å². The van der Waals surface area contributed by atoms with Crippen molar-refractivity contribution < 1.29 is 4.79 Å². The minimum atomic E-state index is -0.138. The molecule has 1 atom stereocenters. The fourth-order valence-corrected chi connectivity index (χ4v) is 3.84. The van der Waals surface area contributed by atoms with Crippen molar-refractivity contribution in [1.29, 1.82) is 0 Å². The summed E-state index contributed by atoms with van der Waals surface area (Å²) < 4.78 is 0. The quantitative estimate of drug-likeness (QED) is 0.875. The highest BCUT2D eigenvalue weighted by Gasteiger charge is 2.33. The third-order valence-electron chi connectivity index (χ3n) is 5.59. The zero-order chi connectivity index (χ0) is 17.6. The lowest BCUT2D eigenvalue weighted by Crippen LogP contribution is -2.54. The molecule has 0 aromatic heterocycles. The summed E-state index contributed by atoms with van der Waals surface area (Å²) in [7, 11) is 0. The Hall–Kier alpha value is -1.43. The largest absolute Gasteiger partial charge is 0.338 e. The maximum absolute atomic E-state index is 13.4. The Morgan fingerprint density at radius 1 is 1.00 bits per heavy atom. The van der Waals surface area contributed by atoms with E-state index in [0.717, 1.165) is 70.9 Å². The first kappa shape index (κ1) is 18.4. The van der Waals surface area contributed by atoms with Crippen LogP contribution in [0.5, 0.6) is 0 Å². The van der Waals surface area contributed by atoms with Crippen molar-refractivity contribution in [2.75, 3.05) is 58.9 Å². The fourth-order valence-electron chi connectivity index (χ4n) is 3.84. The lowest BCUT2D eigenvalue weighted by Gasteiger charge is -2.40. The molecule has 0 spiro atoms. The SMILES string of the molecule is CCc1ccc(C(C(=O)N2CCN(CC)CC2)N2CCNCC2)cc1. The molecular formula is C20H32N4O. The van der Waals surface area contributed by atoms with Crippen molar-refractivity contribution in [2.24, 2.45) is 0 Å². The molecule has 2 saturated heterocycles. The van der Waals surface area contributed by atoms with Crippen molar-refractivity contribution in [1.82, 2.24) is 20.0 Å². The standard InChI is InChI=1S/C20H32N4O/c1-3-17-5-7-18(8-6-17)19(23-11-9-21-10-12-23)20(25)24-15-13-22(4-2)14-16-24/h5-8,19,21H,3-4,9-16H2,1-2H3. The summed E-state index contributed by atoms with van der Waals surface area (Å²) in [6.45, 7) is 12.9. The number of nitrogens with zero attached hydrogens (tertiary/aromatic N) is 3. The van der Waals surface area contributed by atoms with E-state index in [0.29, 0.717) is 0 Å². The van der Waals surface area contributed by atoms with Crippen molar-refractivity contribution in [3.05, 3.63) is 35.4 Å². The van der Waals surface area contributed by atoms with Gasteiger partial charge in [-0.3, -0.25) is 9.69 Å². The molecule has 1 amide bonds. The predicted octanol–water partition coefficient (Wildman–Crippen LogP) is 1.36. The third-order valence-corrected chi connectivity index (χ3v) is 5.59. The molecule has 1 aromatic carbocycles. The zero-order valence-electron chi connectivity index (χ0n) is 15.7. The average molecular weight is 345 g/mol. The summed E-state index contributed by atoms with van der Waals surface area (Å²) in [4.78, 5) is 20.2. The molecule has 3 rings (SSSR count). The van der Waals surface area contributed by atoms with Gasteiger partial charge in [0.05, 0.1) is 0 Å². The summed E-state index contributed by atoms with van der Waals surface area (Å²) in [5.74, 6) is 0.280. The van der Waals surface area contributed by atoms with E-state index in [1.165, 1.54) is 5.56 Å². The molecule has 2 fully saturated rings. The maximum Gasteiger partial charge on any atom is 0.244 e. The smallest absolute Gasteiger partial charge is 0.244 e. The van der Waals surface area contributed by atoms with Crippen molar-refractivity contribution in [3.8, 4) is 0 Å². The molecule has 5 nitrogen and oxygen atoms in total. The Morgan fingerprint density at radius 2 is 1.64 bits per heavy atom. The van der Waals surface area contributed by atoms with Crippen LogP contribution in [0.2, 0.25) is 0 Å². The predicted molar refractivity (Wildman–Crippen MR) is 102 cm³/mol. The molecule has 1 N–H and O–H groups in total. The van der Waals surface area contributed by atoms with E-state index in [-0.39, 0.29) is 11.9 Å². The second-order valence-corrected chi connectivity index (χ2v) is 7.04. The average Bonchev–Trinajstić information content (AvgIpc) is 2.69. The first-order chi connectivity index (χ1) is 12.2. The van der Waals surface area contributed by atoms with E-state index in [2.05, 4.69) is 58.1 Å². The highest BCUT2D eigenvalue weighted by Crippen LogP contribution is 2.25. The lowest BCUT2D eigenvalue weighted by atomic mass is 10.00. The van der Waals surface area contributed by atoms with Crippen LogP contribution in [0.4, 0.5) is 0 Å². The Kier molecular flexibility index (Phi) is 6.45. The van der Waals surface area contributed by atoms with Crippen LogP contribution in [0.3, 0.4) is 0 Å². The van der Waals surface area contributed by atoms with Crippen molar-refractivity contribution in [2.45, 2.75) is 26.3 Å². The third kappa shape index (κ3) is 4.40. The number of amides is 1. The first-order valence-electron chi connectivity index (χ1n) is 9.77. The first-order valence-corrected chi connectivity index (χ1v) is 9.77. The van der Waals surface area contributed by atoms with E-state index in [9.17, 15) is 4.79 Å². The molecule has 2 heterocycles. The Bertz CT molecular complexity index is 545. The molecule has 0 saturated carbocycles. The number of hydrogen-bond donors (Lipinski definition) is 1. The van der Waals surface area contributed by atoms with Gasteiger partial charge in [0, 0.05) is 52.4 Å². The van der Waals surface area contributed by atoms with Gasteiger partial charge in [-0.15, -0.1) is 0 Å². The van der Waals surface area contributed by atoms with Gasteiger partial charge in [0.2, 0.25) is 5.91 Å². The molecule has 2 aliphatic rings. The van der Waals surface area contributed by atoms with E-state index in [4.69, 9.17) is 0 Å². The van der Waals surface area contributed by atoms with Gasteiger partial charge < -0.3 is 15.1 Å². The number of carbonyl (C=O) groups is 1. The maximum atomic E-state index is 13.4. The van der Waals surface area contributed by atoms with Crippen LogP contribution in [0, 0.1) is 0 Å². The Labute approximate surface area is 152 Å². The van der Waals surface area contributed by atoms with Crippen molar-refractivity contribution in [3.63, 3.8) is 0 Å². The van der Waals surface area contributed by atoms with Crippen LogP contribution < -0.4 is 5.32 Å². The molecular weight excluding hydrogens is 312 g/mol. The van der Waals surface area contributed by atoms with Gasteiger partial charge in [-0.25, -0.2) is 0 Å². The molecule has 0 radical (unpaired) electrons. The van der Waals surface area contributed by atoms with E-state index in [1.807, 2.05) is 0 Å². The van der Waals surface area contributed by atoms with Gasteiger partial charge in [0.1, 0.15) is 6.04 Å². The van der Waals surface area contributed by atoms with Gasteiger partial charge in [0.15, 0.2) is 0 Å². The Balaban J connectivity index is 1.78. The van der Waals surface area contributed by atoms with Crippen LogP contribution in [-0.2, 0) is 11.2 Å². The normalized spacial score (nSPS) is 21.3. The number of nitrogens with one attached hydrogen (secondary N) is 1. The molecule has 5 heteroatoms. The summed E-state index contributed by atoms with van der Waals surface area (Å²) >= 11 is 0. The van der Waals surface area contributed by atoms with Gasteiger partial charge in [-0.05, 0) is 24.1 Å². The number of benzene rings is 1. The lowest BCUT2D eigenvalue weighted by molar-refractivity contribution is -0.139. The van der Waals surface area contributed by atoms with E-state index in [1.54, 1.807) is 0 Å².